The van der Waals surface area contributed by atoms with E-state index >= 15 is 0 Å². The van der Waals surface area contributed by atoms with Crippen molar-refractivity contribution >= 4 is 10.8 Å². The van der Waals surface area contributed by atoms with Gasteiger partial charge in [-0.25, -0.2) is 8.78 Å². The smallest absolute Gasteiger partial charge is 0.403 e. The van der Waals surface area contributed by atoms with Gasteiger partial charge >= 0.3 is 6.36 Å². The Hall–Kier alpha value is -3.41. The van der Waals surface area contributed by atoms with Crippen molar-refractivity contribution in [3.63, 3.8) is 0 Å². The molecule has 0 radical (unpaired) electrons. The van der Waals surface area contributed by atoms with Gasteiger partial charge in [0.2, 0.25) is 0 Å². The van der Waals surface area contributed by atoms with Gasteiger partial charge in [-0.2, -0.15) is 0 Å². The molecule has 0 atom stereocenters. The van der Waals surface area contributed by atoms with Gasteiger partial charge in [-0.3, -0.25) is 0 Å². The molecule has 0 amide bonds. The molecule has 0 N–H and O–H groups in total. The van der Waals surface area contributed by atoms with E-state index in [4.69, 9.17) is 0 Å². The van der Waals surface area contributed by atoms with Crippen molar-refractivity contribution in [2.75, 3.05) is 0 Å². The van der Waals surface area contributed by atoms with E-state index < -0.39 is 17.9 Å². The molecule has 4 aromatic carbocycles. The molecule has 0 heterocycles. The van der Waals surface area contributed by atoms with Crippen LogP contribution >= 0.6 is 0 Å². The zero-order chi connectivity index (χ0) is 24.3. The van der Waals surface area contributed by atoms with Gasteiger partial charge in [-0.05, 0) is 58.7 Å². The Labute approximate surface area is 194 Å². The summed E-state index contributed by atoms with van der Waals surface area (Å²) in [6, 6.07) is 19.7. The summed E-state index contributed by atoms with van der Waals surface area (Å²) in [5.41, 5.74) is 3.82. The third-order valence-corrected chi connectivity index (χ3v) is 5.78. The minimum absolute atomic E-state index is 0.0308. The number of rotatable bonds is 7. The molecule has 0 saturated carbocycles. The zero-order valence-electron chi connectivity index (χ0n) is 18.6. The van der Waals surface area contributed by atoms with Gasteiger partial charge in [-0.15, -0.1) is 13.2 Å². The van der Waals surface area contributed by atoms with Crippen LogP contribution in [0.25, 0.3) is 33.0 Å². The summed E-state index contributed by atoms with van der Waals surface area (Å²) in [4.78, 5) is 0. The Morgan fingerprint density at radius 1 is 0.735 bits per heavy atom. The molecule has 0 saturated heterocycles. The van der Waals surface area contributed by atoms with E-state index in [1.54, 1.807) is 24.3 Å². The molecule has 0 unspecified atom stereocenters. The lowest BCUT2D eigenvalue weighted by atomic mass is 9.97. The van der Waals surface area contributed by atoms with Gasteiger partial charge < -0.3 is 4.74 Å². The van der Waals surface area contributed by atoms with Crippen LogP contribution in [0.4, 0.5) is 22.0 Å². The summed E-state index contributed by atoms with van der Waals surface area (Å²) in [5.74, 6) is -2.19. The topological polar surface area (TPSA) is 9.23 Å². The number of hydrogen-bond donors (Lipinski definition) is 0. The largest absolute Gasteiger partial charge is 0.573 e. The number of benzene rings is 4. The van der Waals surface area contributed by atoms with Crippen LogP contribution in [0.15, 0.2) is 72.8 Å². The second-order valence-corrected chi connectivity index (χ2v) is 8.21. The van der Waals surface area contributed by atoms with E-state index in [1.165, 1.54) is 12.1 Å². The van der Waals surface area contributed by atoms with E-state index in [1.807, 2.05) is 30.3 Å². The second kappa shape index (κ2) is 9.84. The Morgan fingerprint density at radius 3 is 2.12 bits per heavy atom. The van der Waals surface area contributed by atoms with Crippen molar-refractivity contribution in [2.24, 2.45) is 0 Å². The minimum atomic E-state index is -4.97. The molecule has 34 heavy (non-hydrogen) atoms. The third-order valence-electron chi connectivity index (χ3n) is 5.78. The Bertz CT molecular complexity index is 1290. The summed E-state index contributed by atoms with van der Waals surface area (Å²) < 4.78 is 70.3. The highest BCUT2D eigenvalue weighted by molar-refractivity contribution is 5.89. The average Bonchev–Trinajstić information content (AvgIpc) is 2.80. The van der Waals surface area contributed by atoms with Crippen LogP contribution in [0.5, 0.6) is 5.75 Å². The van der Waals surface area contributed by atoms with Crippen LogP contribution in [0.1, 0.15) is 31.7 Å². The van der Waals surface area contributed by atoms with Gasteiger partial charge in [0, 0.05) is 10.9 Å². The number of hydrogen-bond acceptors (Lipinski definition) is 1. The fourth-order valence-corrected chi connectivity index (χ4v) is 4.02. The number of unbranched alkanes of at least 4 members (excludes halogenated alkanes) is 2. The van der Waals surface area contributed by atoms with Crippen LogP contribution in [0, 0.1) is 11.6 Å². The maximum Gasteiger partial charge on any atom is 0.573 e. The summed E-state index contributed by atoms with van der Waals surface area (Å²) >= 11 is 0. The van der Waals surface area contributed by atoms with Crippen LogP contribution in [-0.2, 0) is 6.42 Å². The van der Waals surface area contributed by atoms with Crippen molar-refractivity contribution in [3.05, 3.63) is 90.0 Å². The van der Waals surface area contributed by atoms with E-state index in [9.17, 15) is 22.0 Å². The summed E-state index contributed by atoms with van der Waals surface area (Å²) in [6.45, 7) is 2.13. The number of aryl methyl sites for hydroxylation is 1. The fraction of sp³-hybridized carbons (Fsp3) is 0.214. The van der Waals surface area contributed by atoms with E-state index in [0.29, 0.717) is 10.9 Å². The summed E-state index contributed by atoms with van der Waals surface area (Å²) in [6.07, 6.45) is -0.834. The monoisotopic (exact) mass is 470 g/mol. The van der Waals surface area contributed by atoms with Gasteiger partial charge in [0.15, 0.2) is 11.6 Å². The van der Waals surface area contributed by atoms with Crippen molar-refractivity contribution in [1.29, 1.82) is 0 Å². The number of alkyl halides is 3. The SMILES string of the molecule is CCCCCc1ccc(-c2ccc(-c3ccc4c(F)c(OC(F)(F)F)ccc4c3)cc2)c(F)c1. The standard InChI is InChI=1S/C28H23F5O/c1-2-3-4-5-18-6-13-23(25(29)16-18)20-9-7-19(8-10-20)21-11-14-24-22(17-21)12-15-26(27(24)30)34-28(31,32)33/h6-17H,2-5H2,1H3. The number of halogens is 5. The predicted octanol–water partition coefficient (Wildman–Crippen LogP) is 9.08. The first-order valence-corrected chi connectivity index (χ1v) is 11.1. The Kier molecular flexibility index (Phi) is 6.87. The molecule has 0 aliphatic heterocycles. The normalized spacial score (nSPS) is 11.7. The van der Waals surface area contributed by atoms with E-state index in [2.05, 4.69) is 11.7 Å². The molecule has 0 aliphatic carbocycles. The number of fused-ring (bicyclic) bond motifs is 1. The van der Waals surface area contributed by atoms with Crippen molar-refractivity contribution in [3.8, 4) is 28.0 Å². The highest BCUT2D eigenvalue weighted by atomic mass is 19.4. The van der Waals surface area contributed by atoms with Crippen molar-refractivity contribution < 1.29 is 26.7 Å². The lowest BCUT2D eigenvalue weighted by molar-refractivity contribution is -0.275. The Balaban J connectivity index is 1.57. The average molecular weight is 470 g/mol. The zero-order valence-corrected chi connectivity index (χ0v) is 18.6. The molecular formula is C28H23F5O. The molecule has 0 aliphatic rings. The van der Waals surface area contributed by atoms with Crippen molar-refractivity contribution in [2.45, 2.75) is 39.0 Å². The van der Waals surface area contributed by atoms with Crippen LogP contribution < -0.4 is 4.74 Å². The quantitative estimate of drug-likeness (QED) is 0.193. The molecule has 0 bridgehead atoms. The maximum atomic E-state index is 14.7. The van der Waals surface area contributed by atoms with Crippen LogP contribution in [-0.4, -0.2) is 6.36 Å². The maximum absolute atomic E-state index is 14.7. The molecule has 0 spiro atoms. The minimum Gasteiger partial charge on any atom is -0.403 e. The van der Waals surface area contributed by atoms with E-state index in [-0.39, 0.29) is 11.2 Å². The summed E-state index contributed by atoms with van der Waals surface area (Å²) in [7, 11) is 0. The van der Waals surface area contributed by atoms with Crippen LogP contribution in [0.3, 0.4) is 0 Å². The fourth-order valence-electron chi connectivity index (χ4n) is 4.02. The van der Waals surface area contributed by atoms with Gasteiger partial charge in [-0.1, -0.05) is 74.4 Å². The molecule has 6 heteroatoms. The molecule has 0 fully saturated rings. The lowest BCUT2D eigenvalue weighted by Gasteiger charge is -2.12. The molecule has 176 valence electrons. The number of ether oxygens (including phenoxy) is 1. The predicted molar refractivity (Wildman–Crippen MR) is 125 cm³/mol. The lowest BCUT2D eigenvalue weighted by Crippen LogP contribution is -2.17. The highest BCUT2D eigenvalue weighted by Gasteiger charge is 2.32. The molecular weight excluding hydrogens is 447 g/mol. The summed E-state index contributed by atoms with van der Waals surface area (Å²) in [5, 5.41) is 0.474. The first-order chi connectivity index (χ1) is 16.2. The van der Waals surface area contributed by atoms with Gasteiger partial charge in [0.1, 0.15) is 5.82 Å². The molecule has 4 aromatic rings. The first-order valence-electron chi connectivity index (χ1n) is 11.1. The van der Waals surface area contributed by atoms with Crippen LogP contribution in [0.2, 0.25) is 0 Å². The third kappa shape index (κ3) is 5.38. The second-order valence-electron chi connectivity index (χ2n) is 8.21. The first kappa shape index (κ1) is 23.7. The Morgan fingerprint density at radius 2 is 1.44 bits per heavy atom. The molecule has 4 rings (SSSR count). The van der Waals surface area contributed by atoms with Gasteiger partial charge in [0.05, 0.1) is 0 Å². The van der Waals surface area contributed by atoms with Gasteiger partial charge in [0.25, 0.3) is 0 Å². The molecule has 0 aromatic heterocycles. The highest BCUT2D eigenvalue weighted by Crippen LogP contribution is 2.34. The van der Waals surface area contributed by atoms with Crippen molar-refractivity contribution in [1.82, 2.24) is 0 Å². The van der Waals surface area contributed by atoms with E-state index in [0.717, 1.165) is 54.0 Å². The molecule has 1 nitrogen and oxygen atoms in total.